The number of amides is 1. The molecule has 1 N–H and O–H groups in total. The molecule has 1 heterocycles. The lowest BCUT2D eigenvalue weighted by atomic mass is 10.00. The normalized spacial score (nSPS) is 14.1. The van der Waals surface area contributed by atoms with Crippen LogP contribution in [0.25, 0.3) is 11.1 Å². The molecule has 0 aromatic heterocycles. The highest BCUT2D eigenvalue weighted by atomic mass is 32.2. The van der Waals surface area contributed by atoms with Crippen LogP contribution in [0, 0.1) is 11.6 Å². The number of sulfonamides is 1. The SMILES string of the molecule is CCN1c2ccc(C(=O)Nc3ccc(F)cc3F)cc2-c2ccccc2S1(=O)=O. The summed E-state index contributed by atoms with van der Waals surface area (Å²) < 4.78 is 54.0. The number of nitrogens with one attached hydrogen (secondary N) is 1. The molecule has 1 aliphatic heterocycles. The number of carbonyl (C=O) groups excluding carboxylic acids is 1. The Labute approximate surface area is 166 Å². The molecule has 3 aromatic rings. The van der Waals surface area contributed by atoms with Crippen molar-refractivity contribution in [3.8, 4) is 11.1 Å². The van der Waals surface area contributed by atoms with E-state index < -0.39 is 27.6 Å². The third kappa shape index (κ3) is 3.15. The van der Waals surface area contributed by atoms with Gasteiger partial charge in [-0.1, -0.05) is 18.2 Å². The summed E-state index contributed by atoms with van der Waals surface area (Å²) in [6, 6.07) is 14.0. The number of hydrogen-bond acceptors (Lipinski definition) is 3. The van der Waals surface area contributed by atoms with E-state index in [0.717, 1.165) is 12.1 Å². The number of benzene rings is 3. The molecule has 0 radical (unpaired) electrons. The van der Waals surface area contributed by atoms with Crippen molar-refractivity contribution in [2.45, 2.75) is 11.8 Å². The summed E-state index contributed by atoms with van der Waals surface area (Å²) in [6.07, 6.45) is 0. The number of fused-ring (bicyclic) bond motifs is 3. The molecular formula is C21H16F2N2O3S. The molecule has 8 heteroatoms. The topological polar surface area (TPSA) is 66.5 Å². The van der Waals surface area contributed by atoms with Crippen molar-refractivity contribution >= 4 is 27.3 Å². The molecule has 0 atom stereocenters. The predicted octanol–water partition coefficient (Wildman–Crippen LogP) is 4.41. The first-order valence-electron chi connectivity index (χ1n) is 8.85. The fourth-order valence-electron chi connectivity index (χ4n) is 3.40. The zero-order valence-corrected chi connectivity index (χ0v) is 16.1. The second-order valence-electron chi connectivity index (χ2n) is 6.48. The Hall–Kier alpha value is -3.26. The molecule has 4 rings (SSSR count). The lowest BCUT2D eigenvalue weighted by Crippen LogP contribution is -2.34. The van der Waals surface area contributed by atoms with Gasteiger partial charge in [0.15, 0.2) is 0 Å². The molecule has 0 saturated carbocycles. The summed E-state index contributed by atoms with van der Waals surface area (Å²) in [7, 11) is -3.69. The van der Waals surface area contributed by atoms with Crippen molar-refractivity contribution < 1.29 is 22.0 Å². The summed E-state index contributed by atoms with van der Waals surface area (Å²) in [5, 5.41) is 2.41. The van der Waals surface area contributed by atoms with Gasteiger partial charge in [0.1, 0.15) is 11.6 Å². The van der Waals surface area contributed by atoms with Gasteiger partial charge in [0.25, 0.3) is 15.9 Å². The first-order valence-corrected chi connectivity index (χ1v) is 10.3. The predicted molar refractivity (Wildman–Crippen MR) is 106 cm³/mol. The Kier molecular flexibility index (Phi) is 4.58. The third-order valence-electron chi connectivity index (χ3n) is 4.74. The molecule has 5 nitrogen and oxygen atoms in total. The average molecular weight is 414 g/mol. The van der Waals surface area contributed by atoms with E-state index in [9.17, 15) is 22.0 Å². The van der Waals surface area contributed by atoms with Crippen LogP contribution in [0.3, 0.4) is 0 Å². The van der Waals surface area contributed by atoms with Crippen LogP contribution in [-0.2, 0) is 10.0 Å². The van der Waals surface area contributed by atoms with Gasteiger partial charge in [0.05, 0.1) is 16.3 Å². The second kappa shape index (κ2) is 6.97. The lowest BCUT2D eigenvalue weighted by molar-refractivity contribution is 0.102. The second-order valence-corrected chi connectivity index (χ2v) is 8.31. The molecule has 1 amide bonds. The van der Waals surface area contributed by atoms with Crippen molar-refractivity contribution in [1.82, 2.24) is 0 Å². The van der Waals surface area contributed by atoms with E-state index in [2.05, 4.69) is 5.32 Å². The highest BCUT2D eigenvalue weighted by molar-refractivity contribution is 7.93. The van der Waals surface area contributed by atoms with E-state index in [1.807, 2.05) is 0 Å². The highest BCUT2D eigenvalue weighted by Crippen LogP contribution is 2.43. The molecule has 3 aromatic carbocycles. The van der Waals surface area contributed by atoms with Crippen LogP contribution in [0.1, 0.15) is 17.3 Å². The molecular weight excluding hydrogens is 398 g/mol. The first-order chi connectivity index (χ1) is 13.8. The molecule has 148 valence electrons. The summed E-state index contributed by atoms with van der Waals surface area (Å²) >= 11 is 0. The van der Waals surface area contributed by atoms with Crippen molar-refractivity contribution in [1.29, 1.82) is 0 Å². The van der Waals surface area contributed by atoms with E-state index in [1.165, 1.54) is 16.4 Å². The number of halogens is 2. The largest absolute Gasteiger partial charge is 0.319 e. The fourth-order valence-corrected chi connectivity index (χ4v) is 5.10. The Morgan fingerprint density at radius 1 is 1.00 bits per heavy atom. The van der Waals surface area contributed by atoms with E-state index in [4.69, 9.17) is 0 Å². The van der Waals surface area contributed by atoms with Gasteiger partial charge in [-0.05, 0) is 43.3 Å². The molecule has 0 aliphatic carbocycles. The maximum absolute atomic E-state index is 13.9. The molecule has 0 spiro atoms. The van der Waals surface area contributed by atoms with Crippen LogP contribution in [-0.4, -0.2) is 20.9 Å². The molecule has 29 heavy (non-hydrogen) atoms. The highest BCUT2D eigenvalue weighted by Gasteiger charge is 2.34. The van der Waals surface area contributed by atoms with Gasteiger partial charge >= 0.3 is 0 Å². The minimum absolute atomic E-state index is 0.146. The van der Waals surface area contributed by atoms with Crippen molar-refractivity contribution in [3.05, 3.63) is 77.9 Å². The van der Waals surface area contributed by atoms with Gasteiger partial charge in [-0.2, -0.15) is 0 Å². The Balaban J connectivity index is 1.78. The van der Waals surface area contributed by atoms with Crippen LogP contribution in [0.4, 0.5) is 20.2 Å². The molecule has 0 fully saturated rings. The molecule has 0 bridgehead atoms. The zero-order chi connectivity index (χ0) is 20.8. The van der Waals surface area contributed by atoms with Crippen LogP contribution < -0.4 is 9.62 Å². The van der Waals surface area contributed by atoms with Crippen molar-refractivity contribution in [3.63, 3.8) is 0 Å². The summed E-state index contributed by atoms with van der Waals surface area (Å²) in [6.45, 7) is 1.96. The third-order valence-corrected chi connectivity index (χ3v) is 6.69. The first kappa shape index (κ1) is 19.1. The summed E-state index contributed by atoms with van der Waals surface area (Å²) in [5.74, 6) is -2.22. The number of rotatable bonds is 3. The Bertz CT molecular complexity index is 1240. The van der Waals surface area contributed by atoms with Crippen molar-refractivity contribution in [2.75, 3.05) is 16.2 Å². The van der Waals surface area contributed by atoms with Gasteiger partial charge in [0, 0.05) is 29.3 Å². The molecule has 0 unspecified atom stereocenters. The standard InChI is InChI=1S/C21H16F2N2O3S/c1-2-25-19-10-7-13(21(26)24-18-9-8-14(22)12-17(18)23)11-16(19)15-5-3-4-6-20(15)29(25,27)28/h3-12H,2H2,1H3,(H,24,26). The maximum Gasteiger partial charge on any atom is 0.264 e. The van der Waals surface area contributed by atoms with Gasteiger partial charge < -0.3 is 5.32 Å². The van der Waals surface area contributed by atoms with Gasteiger partial charge in [-0.3, -0.25) is 9.10 Å². The minimum atomic E-state index is -3.69. The van der Waals surface area contributed by atoms with Crippen molar-refractivity contribution in [2.24, 2.45) is 0 Å². The van der Waals surface area contributed by atoms with Crippen LogP contribution >= 0.6 is 0 Å². The summed E-state index contributed by atoms with van der Waals surface area (Å²) in [5.41, 5.74) is 1.62. The van der Waals surface area contributed by atoms with E-state index in [0.29, 0.717) is 22.9 Å². The Morgan fingerprint density at radius 3 is 2.48 bits per heavy atom. The lowest BCUT2D eigenvalue weighted by Gasteiger charge is -2.31. The molecule has 1 aliphatic rings. The number of hydrogen-bond donors (Lipinski definition) is 1. The monoisotopic (exact) mass is 414 g/mol. The Morgan fingerprint density at radius 2 is 1.76 bits per heavy atom. The number of nitrogens with zero attached hydrogens (tertiary/aromatic N) is 1. The molecule has 0 saturated heterocycles. The quantitative estimate of drug-likeness (QED) is 0.690. The van der Waals surface area contributed by atoms with E-state index in [1.54, 1.807) is 37.3 Å². The minimum Gasteiger partial charge on any atom is -0.319 e. The van der Waals surface area contributed by atoms with Crippen LogP contribution in [0.2, 0.25) is 0 Å². The van der Waals surface area contributed by atoms with Crippen LogP contribution in [0.15, 0.2) is 65.6 Å². The van der Waals surface area contributed by atoms with Crippen LogP contribution in [0.5, 0.6) is 0 Å². The average Bonchev–Trinajstić information content (AvgIpc) is 2.70. The number of anilines is 2. The van der Waals surface area contributed by atoms with E-state index in [-0.39, 0.29) is 22.7 Å². The fraction of sp³-hybridized carbons (Fsp3) is 0.0952. The zero-order valence-electron chi connectivity index (χ0n) is 15.3. The smallest absolute Gasteiger partial charge is 0.264 e. The number of carbonyl (C=O) groups is 1. The van der Waals surface area contributed by atoms with Gasteiger partial charge in [-0.25, -0.2) is 17.2 Å². The van der Waals surface area contributed by atoms with E-state index >= 15 is 0 Å². The maximum atomic E-state index is 13.9. The summed E-state index contributed by atoms with van der Waals surface area (Å²) in [4.78, 5) is 12.8. The van der Waals surface area contributed by atoms with Gasteiger partial charge in [0.2, 0.25) is 0 Å². The van der Waals surface area contributed by atoms with Gasteiger partial charge in [-0.15, -0.1) is 0 Å².